The third kappa shape index (κ3) is 3.45. The molecule has 0 saturated heterocycles. The van der Waals surface area contributed by atoms with Gasteiger partial charge < -0.3 is 9.85 Å². The summed E-state index contributed by atoms with van der Waals surface area (Å²) in [5.74, 6) is 2.53. The van der Waals surface area contributed by atoms with Crippen LogP contribution in [-0.4, -0.2) is 27.2 Å². The summed E-state index contributed by atoms with van der Waals surface area (Å²) >= 11 is 0. The van der Waals surface area contributed by atoms with E-state index in [9.17, 15) is 0 Å². The van der Waals surface area contributed by atoms with Crippen molar-refractivity contribution in [1.29, 1.82) is 0 Å². The number of fused-ring (bicyclic) bond motifs is 5. The first kappa shape index (κ1) is 22.6. The van der Waals surface area contributed by atoms with Crippen LogP contribution in [0.2, 0.25) is 18.1 Å². The van der Waals surface area contributed by atoms with E-state index in [0.717, 1.165) is 17.8 Å². The van der Waals surface area contributed by atoms with E-state index in [1.54, 1.807) is 5.57 Å². The van der Waals surface area contributed by atoms with Crippen molar-refractivity contribution in [3.05, 3.63) is 11.6 Å². The number of hydrogen-bond donors (Lipinski definition) is 1. The number of hydrazone groups is 1. The Morgan fingerprint density at radius 3 is 2.40 bits per heavy atom. The summed E-state index contributed by atoms with van der Waals surface area (Å²) in [6.45, 7) is 17.0. The van der Waals surface area contributed by atoms with Crippen molar-refractivity contribution >= 4 is 14.0 Å². The Morgan fingerprint density at radius 2 is 1.73 bits per heavy atom. The molecule has 3 unspecified atom stereocenters. The molecule has 0 aromatic carbocycles. The van der Waals surface area contributed by atoms with Crippen LogP contribution in [0, 0.1) is 28.6 Å². The lowest BCUT2D eigenvalue weighted by Gasteiger charge is -2.57. The van der Waals surface area contributed by atoms with Crippen LogP contribution >= 0.6 is 0 Å². The number of nitrogens with one attached hydrogen (secondary N) is 1. The van der Waals surface area contributed by atoms with Gasteiger partial charge >= 0.3 is 0 Å². The SMILES string of the molecule is CN/N=C1/CCC2C3CC=C4C[C@@H](O[Si](C)(C)C(C)(C)C)CC[C@]4(C)C3CC[C@]12C. The molecule has 1 N–H and O–H groups in total. The highest BCUT2D eigenvalue weighted by Gasteiger charge is 2.58. The van der Waals surface area contributed by atoms with Crippen molar-refractivity contribution in [3.8, 4) is 0 Å². The lowest BCUT2D eigenvalue weighted by molar-refractivity contribution is -0.0194. The zero-order valence-corrected chi connectivity index (χ0v) is 21.9. The largest absolute Gasteiger partial charge is 0.414 e. The van der Waals surface area contributed by atoms with Crippen LogP contribution in [0.3, 0.4) is 0 Å². The third-order valence-electron chi connectivity index (χ3n) is 10.3. The number of hydrogen-bond acceptors (Lipinski definition) is 3. The van der Waals surface area contributed by atoms with Gasteiger partial charge in [0, 0.05) is 24.3 Å². The van der Waals surface area contributed by atoms with Crippen LogP contribution in [0.5, 0.6) is 0 Å². The van der Waals surface area contributed by atoms with E-state index in [1.807, 2.05) is 7.05 Å². The second-order valence-electron chi connectivity index (χ2n) is 12.8. The van der Waals surface area contributed by atoms with Crippen LogP contribution < -0.4 is 5.43 Å². The van der Waals surface area contributed by atoms with Crippen LogP contribution in [0.15, 0.2) is 16.8 Å². The van der Waals surface area contributed by atoms with Gasteiger partial charge in [0.15, 0.2) is 8.32 Å². The molecule has 170 valence electrons. The molecule has 4 rings (SSSR count). The highest BCUT2D eigenvalue weighted by atomic mass is 28.4. The molecule has 6 atom stereocenters. The Balaban J connectivity index is 1.53. The average Bonchev–Trinajstić information content (AvgIpc) is 2.98. The zero-order valence-electron chi connectivity index (χ0n) is 20.9. The van der Waals surface area contributed by atoms with E-state index >= 15 is 0 Å². The Labute approximate surface area is 186 Å². The number of rotatable bonds is 3. The van der Waals surface area contributed by atoms with Crippen molar-refractivity contribution < 1.29 is 4.43 Å². The van der Waals surface area contributed by atoms with Crippen molar-refractivity contribution in [2.75, 3.05) is 7.05 Å². The van der Waals surface area contributed by atoms with E-state index in [2.05, 4.69) is 59.2 Å². The fourth-order valence-electron chi connectivity index (χ4n) is 7.43. The predicted molar refractivity (Wildman–Crippen MR) is 130 cm³/mol. The van der Waals surface area contributed by atoms with Crippen molar-refractivity contribution in [3.63, 3.8) is 0 Å². The molecule has 0 aliphatic heterocycles. The van der Waals surface area contributed by atoms with Gasteiger partial charge in [0.2, 0.25) is 0 Å². The van der Waals surface area contributed by atoms with Crippen LogP contribution in [0.4, 0.5) is 0 Å². The van der Waals surface area contributed by atoms with Gasteiger partial charge in [-0.1, -0.05) is 46.3 Å². The summed E-state index contributed by atoms with van der Waals surface area (Å²) in [4.78, 5) is 0. The van der Waals surface area contributed by atoms with Crippen LogP contribution in [-0.2, 0) is 4.43 Å². The Bertz CT molecular complexity index is 736. The summed E-state index contributed by atoms with van der Waals surface area (Å²) in [5, 5.41) is 5.01. The topological polar surface area (TPSA) is 33.6 Å². The van der Waals surface area contributed by atoms with Gasteiger partial charge in [0.1, 0.15) is 0 Å². The maximum absolute atomic E-state index is 6.87. The van der Waals surface area contributed by atoms with E-state index in [1.165, 1.54) is 57.1 Å². The summed E-state index contributed by atoms with van der Waals surface area (Å²) in [6, 6.07) is 0. The molecule has 30 heavy (non-hydrogen) atoms. The predicted octanol–water partition coefficient (Wildman–Crippen LogP) is 6.92. The first-order valence-electron chi connectivity index (χ1n) is 12.5. The molecule has 0 heterocycles. The normalized spacial score (nSPS) is 42.9. The van der Waals surface area contributed by atoms with Gasteiger partial charge in [0.05, 0.1) is 0 Å². The van der Waals surface area contributed by atoms with Crippen molar-refractivity contribution in [2.45, 2.75) is 110 Å². The Kier molecular flexibility index (Phi) is 5.62. The molecule has 4 aliphatic rings. The fraction of sp³-hybridized carbons (Fsp3) is 0.885. The molecule has 4 heteroatoms. The van der Waals surface area contributed by atoms with Gasteiger partial charge in [-0.15, -0.1) is 0 Å². The summed E-state index contributed by atoms with van der Waals surface area (Å²) < 4.78 is 6.87. The van der Waals surface area contributed by atoms with Gasteiger partial charge in [-0.2, -0.15) is 5.10 Å². The fourth-order valence-corrected chi connectivity index (χ4v) is 8.82. The monoisotopic (exact) mass is 430 g/mol. The molecule has 3 saturated carbocycles. The maximum atomic E-state index is 6.87. The quantitative estimate of drug-likeness (QED) is 0.300. The van der Waals surface area contributed by atoms with Crippen molar-refractivity contribution in [1.82, 2.24) is 5.43 Å². The second kappa shape index (κ2) is 7.47. The maximum Gasteiger partial charge on any atom is 0.192 e. The molecule has 3 fully saturated rings. The van der Waals surface area contributed by atoms with E-state index in [0.29, 0.717) is 22.0 Å². The number of nitrogens with zero attached hydrogens (tertiary/aromatic N) is 1. The number of allylic oxidation sites excluding steroid dienone is 1. The van der Waals surface area contributed by atoms with Crippen LogP contribution in [0.25, 0.3) is 0 Å². The smallest absolute Gasteiger partial charge is 0.192 e. The summed E-state index contributed by atoms with van der Waals surface area (Å²) in [5.41, 5.74) is 7.01. The summed E-state index contributed by atoms with van der Waals surface area (Å²) in [6.07, 6.45) is 13.4. The first-order valence-corrected chi connectivity index (χ1v) is 15.4. The Morgan fingerprint density at radius 1 is 1.07 bits per heavy atom. The van der Waals surface area contributed by atoms with Gasteiger partial charge in [-0.05, 0) is 92.7 Å². The molecule has 0 aromatic heterocycles. The lowest BCUT2D eigenvalue weighted by Crippen LogP contribution is -2.52. The molecule has 0 aromatic rings. The standard InChI is InChI=1S/C26H46N2OSi/c1-24(2,3)30(7,8)29-19-13-15-25(4)18(17-19)9-10-20-21-11-12-23(28-27-6)26(21,5)16-14-22(20)25/h9,19-22,27H,10-17H2,1-8H3/b28-23-/t19-,20?,21?,22?,25-,26-/m0/s1. The minimum Gasteiger partial charge on any atom is -0.414 e. The minimum atomic E-state index is -1.70. The molecular formula is C26H46N2OSi. The highest BCUT2D eigenvalue weighted by molar-refractivity contribution is 6.74. The molecule has 0 amide bonds. The molecule has 0 spiro atoms. The molecule has 0 bridgehead atoms. The highest BCUT2D eigenvalue weighted by Crippen LogP contribution is 2.64. The van der Waals surface area contributed by atoms with E-state index in [-0.39, 0.29) is 0 Å². The third-order valence-corrected chi connectivity index (χ3v) is 14.8. The van der Waals surface area contributed by atoms with Crippen molar-refractivity contribution in [2.24, 2.45) is 33.7 Å². The second-order valence-corrected chi connectivity index (χ2v) is 17.5. The van der Waals surface area contributed by atoms with E-state index < -0.39 is 8.32 Å². The molecule has 3 nitrogen and oxygen atoms in total. The molecule has 0 radical (unpaired) electrons. The Hall–Kier alpha value is -0.613. The van der Waals surface area contributed by atoms with E-state index in [4.69, 9.17) is 9.53 Å². The van der Waals surface area contributed by atoms with Crippen LogP contribution in [0.1, 0.15) is 86.0 Å². The molecular weight excluding hydrogens is 384 g/mol. The van der Waals surface area contributed by atoms with Gasteiger partial charge in [-0.3, -0.25) is 0 Å². The lowest BCUT2D eigenvalue weighted by atomic mass is 9.48. The average molecular weight is 431 g/mol. The summed E-state index contributed by atoms with van der Waals surface area (Å²) in [7, 11) is 0.257. The minimum absolute atomic E-state index is 0.294. The van der Waals surface area contributed by atoms with Gasteiger partial charge in [0.25, 0.3) is 0 Å². The zero-order chi connectivity index (χ0) is 21.9. The van der Waals surface area contributed by atoms with Gasteiger partial charge in [-0.25, -0.2) is 0 Å². The first-order chi connectivity index (χ1) is 13.9. The molecule has 4 aliphatic carbocycles.